The minimum atomic E-state index is -0.440. The van der Waals surface area contributed by atoms with Crippen LogP contribution in [-0.4, -0.2) is 42.7 Å². The predicted octanol–water partition coefficient (Wildman–Crippen LogP) is 4.37. The summed E-state index contributed by atoms with van der Waals surface area (Å²) in [5, 5.41) is 0. The van der Waals surface area contributed by atoms with Crippen molar-refractivity contribution < 1.29 is 19.0 Å². The molecule has 2 aromatic rings. The maximum Gasteiger partial charge on any atom is 0.307 e. The zero-order chi connectivity index (χ0) is 20.7. The van der Waals surface area contributed by atoms with E-state index in [1.165, 1.54) is 0 Å². The number of morpholine rings is 1. The summed E-state index contributed by atoms with van der Waals surface area (Å²) in [5.74, 6) is 0.678. The molecule has 0 saturated carbocycles. The van der Waals surface area contributed by atoms with Gasteiger partial charge in [0.05, 0.1) is 19.1 Å². The van der Waals surface area contributed by atoms with Gasteiger partial charge in [-0.25, -0.2) is 0 Å². The molecule has 1 heterocycles. The number of esters is 1. The van der Waals surface area contributed by atoms with Crippen LogP contribution in [0.3, 0.4) is 0 Å². The first kappa shape index (κ1) is 21.3. The van der Waals surface area contributed by atoms with E-state index in [9.17, 15) is 4.79 Å². The Balaban J connectivity index is 1.52. The Kier molecular flexibility index (Phi) is 7.29. The van der Waals surface area contributed by atoms with Gasteiger partial charge in [0.1, 0.15) is 18.0 Å². The lowest BCUT2D eigenvalue weighted by Crippen LogP contribution is -2.39. The topological polar surface area (TPSA) is 48.0 Å². The van der Waals surface area contributed by atoms with Crippen molar-refractivity contribution in [3.8, 4) is 5.75 Å². The van der Waals surface area contributed by atoms with Crippen LogP contribution in [0.15, 0.2) is 54.6 Å². The van der Waals surface area contributed by atoms with Gasteiger partial charge in [0, 0.05) is 19.6 Å². The van der Waals surface area contributed by atoms with Gasteiger partial charge in [0.25, 0.3) is 0 Å². The highest BCUT2D eigenvalue weighted by Crippen LogP contribution is 2.26. The van der Waals surface area contributed by atoms with E-state index in [-0.39, 0.29) is 12.1 Å². The second-order valence-electron chi connectivity index (χ2n) is 8.34. The van der Waals surface area contributed by atoms with Gasteiger partial charge in [0.15, 0.2) is 0 Å². The molecule has 1 atom stereocenters. The summed E-state index contributed by atoms with van der Waals surface area (Å²) in [6, 6.07) is 18.2. The second-order valence-corrected chi connectivity index (χ2v) is 8.34. The van der Waals surface area contributed by atoms with Crippen molar-refractivity contribution in [2.75, 3.05) is 26.2 Å². The molecule has 3 rings (SSSR count). The van der Waals surface area contributed by atoms with Crippen LogP contribution in [0.5, 0.6) is 5.75 Å². The molecule has 0 radical (unpaired) electrons. The molecule has 29 heavy (non-hydrogen) atoms. The average molecular weight is 398 g/mol. The van der Waals surface area contributed by atoms with E-state index in [0.717, 1.165) is 30.0 Å². The summed E-state index contributed by atoms with van der Waals surface area (Å²) in [6.07, 6.45) is 0.368. The summed E-state index contributed by atoms with van der Waals surface area (Å²) in [5.41, 5.74) is 1.79. The summed E-state index contributed by atoms with van der Waals surface area (Å²) < 4.78 is 17.3. The van der Waals surface area contributed by atoms with Crippen molar-refractivity contribution in [2.45, 2.75) is 45.5 Å². The van der Waals surface area contributed by atoms with Gasteiger partial charge in [-0.2, -0.15) is 0 Å². The summed E-state index contributed by atoms with van der Waals surface area (Å²) in [4.78, 5) is 14.2. The smallest absolute Gasteiger partial charge is 0.307 e. The molecule has 0 aliphatic carbocycles. The molecule has 1 aliphatic heterocycles. The third-order valence-electron chi connectivity index (χ3n) is 4.68. The van der Waals surface area contributed by atoms with Crippen LogP contribution in [0.2, 0.25) is 0 Å². The van der Waals surface area contributed by atoms with Crippen LogP contribution in [0.25, 0.3) is 0 Å². The molecular formula is C24H31NO4. The van der Waals surface area contributed by atoms with E-state index >= 15 is 0 Å². The highest BCUT2D eigenvalue weighted by molar-refractivity contribution is 5.70. The zero-order valence-corrected chi connectivity index (χ0v) is 17.6. The minimum Gasteiger partial charge on any atom is -0.489 e. The fourth-order valence-electron chi connectivity index (χ4n) is 3.29. The first-order valence-corrected chi connectivity index (χ1v) is 10.2. The molecular weight excluding hydrogens is 366 g/mol. The molecule has 156 valence electrons. The van der Waals surface area contributed by atoms with Crippen molar-refractivity contribution in [3.63, 3.8) is 0 Å². The maximum atomic E-state index is 12.0. The van der Waals surface area contributed by atoms with Crippen molar-refractivity contribution in [2.24, 2.45) is 0 Å². The monoisotopic (exact) mass is 397 g/mol. The van der Waals surface area contributed by atoms with Crippen LogP contribution in [0.1, 0.15) is 44.4 Å². The molecule has 5 heteroatoms. The Morgan fingerprint density at radius 1 is 1.14 bits per heavy atom. The standard InChI is InChI=1S/C24H31NO4/c1-24(2,3)29-23(26)12-13-25-14-15-27-22(17-25)20-10-7-11-21(16-20)28-18-19-8-5-4-6-9-19/h4-11,16,22H,12-15,17-18H2,1-3H3. The zero-order valence-electron chi connectivity index (χ0n) is 17.6. The number of hydrogen-bond acceptors (Lipinski definition) is 5. The average Bonchev–Trinajstić information content (AvgIpc) is 2.71. The molecule has 0 N–H and O–H groups in total. The molecule has 5 nitrogen and oxygen atoms in total. The second kappa shape index (κ2) is 9.90. The first-order valence-electron chi connectivity index (χ1n) is 10.2. The molecule has 1 saturated heterocycles. The van der Waals surface area contributed by atoms with E-state index in [0.29, 0.717) is 26.2 Å². The number of benzene rings is 2. The van der Waals surface area contributed by atoms with Gasteiger partial charge in [-0.15, -0.1) is 0 Å². The molecule has 2 aromatic carbocycles. The van der Waals surface area contributed by atoms with E-state index in [4.69, 9.17) is 14.2 Å². The van der Waals surface area contributed by atoms with Crippen LogP contribution in [0.4, 0.5) is 0 Å². The van der Waals surface area contributed by atoms with Gasteiger partial charge in [-0.3, -0.25) is 9.69 Å². The molecule has 1 aliphatic rings. The Morgan fingerprint density at radius 2 is 1.93 bits per heavy atom. The first-order chi connectivity index (χ1) is 13.9. The van der Waals surface area contributed by atoms with Gasteiger partial charge in [-0.05, 0) is 44.0 Å². The third kappa shape index (κ3) is 7.18. The molecule has 0 amide bonds. The Hall–Kier alpha value is -2.37. The summed E-state index contributed by atoms with van der Waals surface area (Å²) >= 11 is 0. The lowest BCUT2D eigenvalue weighted by Gasteiger charge is -2.33. The van der Waals surface area contributed by atoms with Crippen molar-refractivity contribution in [1.29, 1.82) is 0 Å². The maximum absolute atomic E-state index is 12.0. The Morgan fingerprint density at radius 3 is 2.69 bits per heavy atom. The van der Waals surface area contributed by atoms with E-state index in [1.807, 2.05) is 57.2 Å². The SMILES string of the molecule is CC(C)(C)OC(=O)CCN1CCOC(c2cccc(OCc3ccccc3)c2)C1. The lowest BCUT2D eigenvalue weighted by atomic mass is 10.1. The van der Waals surface area contributed by atoms with Crippen molar-refractivity contribution in [1.82, 2.24) is 4.90 Å². The lowest BCUT2D eigenvalue weighted by molar-refractivity contribution is -0.155. The minimum absolute atomic E-state index is 0.0253. The van der Waals surface area contributed by atoms with Crippen LogP contribution in [0, 0.1) is 0 Å². The molecule has 0 aromatic heterocycles. The molecule has 0 bridgehead atoms. The largest absolute Gasteiger partial charge is 0.489 e. The molecule has 1 fully saturated rings. The van der Waals surface area contributed by atoms with Crippen LogP contribution >= 0.6 is 0 Å². The fraction of sp³-hybridized carbons (Fsp3) is 0.458. The van der Waals surface area contributed by atoms with Gasteiger partial charge in [-0.1, -0.05) is 42.5 Å². The summed E-state index contributed by atoms with van der Waals surface area (Å²) in [7, 11) is 0. The van der Waals surface area contributed by atoms with Crippen molar-refractivity contribution in [3.05, 3.63) is 65.7 Å². The summed E-state index contributed by atoms with van der Waals surface area (Å²) in [6.45, 7) is 9.12. The quantitative estimate of drug-likeness (QED) is 0.649. The highest BCUT2D eigenvalue weighted by atomic mass is 16.6. The number of carbonyl (C=O) groups is 1. The molecule has 1 unspecified atom stereocenters. The van der Waals surface area contributed by atoms with Gasteiger partial charge < -0.3 is 14.2 Å². The number of carbonyl (C=O) groups excluding carboxylic acids is 1. The van der Waals surface area contributed by atoms with E-state index in [2.05, 4.69) is 23.1 Å². The van der Waals surface area contributed by atoms with Crippen LogP contribution < -0.4 is 4.74 Å². The van der Waals surface area contributed by atoms with Crippen LogP contribution in [-0.2, 0) is 20.9 Å². The van der Waals surface area contributed by atoms with Gasteiger partial charge in [0.2, 0.25) is 0 Å². The Bertz CT molecular complexity index is 785. The third-order valence-corrected chi connectivity index (χ3v) is 4.68. The normalized spacial score (nSPS) is 17.7. The number of hydrogen-bond donors (Lipinski definition) is 0. The van der Waals surface area contributed by atoms with E-state index < -0.39 is 5.60 Å². The number of rotatable bonds is 7. The fourth-order valence-corrected chi connectivity index (χ4v) is 3.29. The van der Waals surface area contributed by atoms with E-state index in [1.54, 1.807) is 0 Å². The predicted molar refractivity (Wildman–Crippen MR) is 113 cm³/mol. The highest BCUT2D eigenvalue weighted by Gasteiger charge is 2.24. The number of nitrogens with zero attached hydrogens (tertiary/aromatic N) is 1. The molecule has 0 spiro atoms. The Labute approximate surface area is 173 Å². The van der Waals surface area contributed by atoms with Gasteiger partial charge >= 0.3 is 5.97 Å². The number of ether oxygens (including phenoxy) is 3. The van der Waals surface area contributed by atoms with Crippen molar-refractivity contribution >= 4 is 5.97 Å².